The lowest BCUT2D eigenvalue weighted by Crippen LogP contribution is -2.50. The maximum Gasteiger partial charge on any atom is 0.218 e. The monoisotopic (exact) mass is 196 g/mol. The van der Waals surface area contributed by atoms with E-state index in [1.54, 1.807) is 0 Å². The Morgan fingerprint density at radius 1 is 1.57 bits per heavy atom. The first-order valence-electron chi connectivity index (χ1n) is 4.72. The van der Waals surface area contributed by atoms with Crippen LogP contribution >= 0.6 is 0 Å². The van der Waals surface area contributed by atoms with Crippen molar-refractivity contribution in [3.63, 3.8) is 0 Å². The molecule has 0 bridgehead atoms. The van der Waals surface area contributed by atoms with E-state index in [2.05, 4.69) is 27.1 Å². The van der Waals surface area contributed by atoms with Crippen molar-refractivity contribution in [3.05, 3.63) is 18.3 Å². The molecule has 76 valence electrons. The Balaban J connectivity index is 2.20. The first-order chi connectivity index (χ1) is 6.77. The van der Waals surface area contributed by atoms with Crippen LogP contribution < -0.4 is 10.2 Å². The van der Waals surface area contributed by atoms with Gasteiger partial charge in [-0.05, 0) is 6.92 Å². The van der Waals surface area contributed by atoms with Crippen LogP contribution in [-0.4, -0.2) is 35.6 Å². The van der Waals surface area contributed by atoms with Crippen molar-refractivity contribution in [1.29, 1.82) is 0 Å². The van der Waals surface area contributed by atoms with E-state index in [1.807, 2.05) is 0 Å². The Labute approximate surface area is 82.2 Å². The normalized spacial score (nSPS) is 22.4. The van der Waals surface area contributed by atoms with Gasteiger partial charge in [-0.1, -0.05) is 0 Å². The quantitative estimate of drug-likeness (QED) is 0.661. The van der Waals surface area contributed by atoms with Gasteiger partial charge >= 0.3 is 0 Å². The van der Waals surface area contributed by atoms with E-state index in [4.69, 9.17) is 0 Å². The van der Waals surface area contributed by atoms with Crippen molar-refractivity contribution >= 4 is 5.82 Å². The number of hydrogen-bond donors (Lipinski definition) is 1. The zero-order chi connectivity index (χ0) is 9.97. The minimum atomic E-state index is -0.472. The molecule has 4 nitrogen and oxygen atoms in total. The van der Waals surface area contributed by atoms with Crippen molar-refractivity contribution in [2.45, 2.75) is 13.0 Å². The molecule has 0 unspecified atom stereocenters. The molecule has 0 aromatic carbocycles. The lowest BCUT2D eigenvalue weighted by molar-refractivity contribution is 0.493. The molecule has 1 aliphatic rings. The highest BCUT2D eigenvalue weighted by Gasteiger charge is 2.19. The molecule has 2 heterocycles. The summed E-state index contributed by atoms with van der Waals surface area (Å²) in [5.41, 5.74) is 0. The summed E-state index contributed by atoms with van der Waals surface area (Å²) < 4.78 is 12.9. The van der Waals surface area contributed by atoms with E-state index in [0.29, 0.717) is 11.9 Å². The number of hydrogen-bond acceptors (Lipinski definition) is 4. The van der Waals surface area contributed by atoms with Crippen LogP contribution in [0.5, 0.6) is 0 Å². The Hall–Kier alpha value is -1.23. The first kappa shape index (κ1) is 9.33. The molecule has 1 aromatic heterocycles. The van der Waals surface area contributed by atoms with Gasteiger partial charge in [-0.25, -0.2) is 9.97 Å². The first-order valence-corrected chi connectivity index (χ1v) is 4.72. The number of halogens is 1. The predicted octanol–water partition coefficient (Wildman–Crippen LogP) is 0.414. The molecule has 1 fully saturated rings. The molecule has 1 atom stereocenters. The fourth-order valence-electron chi connectivity index (χ4n) is 1.66. The van der Waals surface area contributed by atoms with Gasteiger partial charge in [0.15, 0.2) is 0 Å². The average Bonchev–Trinajstić information content (AvgIpc) is 2.18. The summed E-state index contributed by atoms with van der Waals surface area (Å²) in [7, 11) is 0. The van der Waals surface area contributed by atoms with E-state index in [9.17, 15) is 4.39 Å². The van der Waals surface area contributed by atoms with Crippen LogP contribution in [0.4, 0.5) is 10.2 Å². The molecule has 0 spiro atoms. The third kappa shape index (κ3) is 1.82. The molecule has 0 amide bonds. The van der Waals surface area contributed by atoms with E-state index >= 15 is 0 Å². The molecule has 0 radical (unpaired) electrons. The van der Waals surface area contributed by atoms with Gasteiger partial charge in [0.2, 0.25) is 5.95 Å². The lowest BCUT2D eigenvalue weighted by Gasteiger charge is -2.34. The molecule has 2 rings (SSSR count). The largest absolute Gasteiger partial charge is 0.351 e. The molecule has 0 saturated carbocycles. The summed E-state index contributed by atoms with van der Waals surface area (Å²) in [6.07, 6.45) is 1.26. The summed E-state index contributed by atoms with van der Waals surface area (Å²) in [6, 6.07) is 1.72. The average molecular weight is 196 g/mol. The molecule has 5 heteroatoms. The van der Waals surface area contributed by atoms with Gasteiger partial charge in [-0.15, -0.1) is 0 Å². The summed E-state index contributed by atoms with van der Waals surface area (Å²) >= 11 is 0. The minimum Gasteiger partial charge on any atom is -0.351 e. The van der Waals surface area contributed by atoms with Crippen molar-refractivity contribution in [2.75, 3.05) is 24.5 Å². The highest BCUT2D eigenvalue weighted by molar-refractivity contribution is 5.38. The molecule has 1 N–H and O–H groups in total. The molecular weight excluding hydrogens is 183 g/mol. The molecule has 0 aliphatic carbocycles. The van der Waals surface area contributed by atoms with Crippen LogP contribution in [0.2, 0.25) is 0 Å². The van der Waals surface area contributed by atoms with E-state index in [-0.39, 0.29) is 0 Å². The van der Waals surface area contributed by atoms with Crippen LogP contribution in [0, 0.1) is 5.95 Å². The van der Waals surface area contributed by atoms with Gasteiger partial charge < -0.3 is 10.2 Å². The molecule has 14 heavy (non-hydrogen) atoms. The van der Waals surface area contributed by atoms with Crippen LogP contribution in [0.1, 0.15) is 6.92 Å². The van der Waals surface area contributed by atoms with Crippen molar-refractivity contribution in [2.24, 2.45) is 0 Å². The topological polar surface area (TPSA) is 41.0 Å². The van der Waals surface area contributed by atoms with Crippen molar-refractivity contribution < 1.29 is 4.39 Å². The summed E-state index contributed by atoms with van der Waals surface area (Å²) in [5, 5.41) is 3.27. The summed E-state index contributed by atoms with van der Waals surface area (Å²) in [5.74, 6) is 0.201. The molecule has 1 saturated heterocycles. The molecular formula is C9H13FN4. The zero-order valence-corrected chi connectivity index (χ0v) is 8.07. The Kier molecular flexibility index (Phi) is 2.58. The number of aromatic nitrogens is 2. The smallest absolute Gasteiger partial charge is 0.218 e. The second-order valence-electron chi connectivity index (χ2n) is 3.45. The predicted molar refractivity (Wildman–Crippen MR) is 51.7 cm³/mol. The van der Waals surface area contributed by atoms with Crippen LogP contribution in [-0.2, 0) is 0 Å². The van der Waals surface area contributed by atoms with Crippen LogP contribution in [0.25, 0.3) is 0 Å². The fourth-order valence-corrected chi connectivity index (χ4v) is 1.66. The highest BCUT2D eigenvalue weighted by Crippen LogP contribution is 2.14. The lowest BCUT2D eigenvalue weighted by atomic mass is 10.2. The molecule has 1 aromatic rings. The number of nitrogens with one attached hydrogen (secondary N) is 1. The Morgan fingerprint density at radius 2 is 2.43 bits per heavy atom. The van der Waals surface area contributed by atoms with Crippen LogP contribution in [0.3, 0.4) is 0 Å². The van der Waals surface area contributed by atoms with Crippen LogP contribution in [0.15, 0.2) is 12.4 Å². The number of rotatable bonds is 1. The summed E-state index contributed by atoms with van der Waals surface area (Å²) in [4.78, 5) is 9.58. The number of nitrogens with zero attached hydrogens (tertiary/aromatic N) is 3. The fraction of sp³-hybridized carbons (Fsp3) is 0.556. The maximum atomic E-state index is 12.9. The zero-order valence-electron chi connectivity index (χ0n) is 8.07. The minimum absolute atomic E-state index is 0.345. The molecule has 1 aliphatic heterocycles. The van der Waals surface area contributed by atoms with Gasteiger partial charge in [-0.2, -0.15) is 4.39 Å². The van der Waals surface area contributed by atoms with Gasteiger partial charge in [0.1, 0.15) is 12.1 Å². The van der Waals surface area contributed by atoms with Crippen molar-refractivity contribution in [1.82, 2.24) is 15.3 Å². The second kappa shape index (κ2) is 3.88. The van der Waals surface area contributed by atoms with E-state index < -0.39 is 5.95 Å². The van der Waals surface area contributed by atoms with Gasteiger partial charge in [0, 0.05) is 31.7 Å². The van der Waals surface area contributed by atoms with Crippen molar-refractivity contribution in [3.8, 4) is 0 Å². The van der Waals surface area contributed by atoms with Gasteiger partial charge in [0.25, 0.3) is 0 Å². The van der Waals surface area contributed by atoms with Gasteiger partial charge in [-0.3, -0.25) is 0 Å². The standard InChI is InChI=1S/C9H13FN4/c1-7-5-11-2-3-14(7)9-4-8(10)12-6-13-9/h4,6-7,11H,2-3,5H2,1H3/t7-/m0/s1. The maximum absolute atomic E-state index is 12.9. The number of anilines is 1. The SMILES string of the molecule is C[C@H]1CNCCN1c1cc(F)ncn1. The Bertz CT molecular complexity index is 317. The third-order valence-electron chi connectivity index (χ3n) is 2.41. The summed E-state index contributed by atoms with van der Waals surface area (Å²) in [6.45, 7) is 4.77. The van der Waals surface area contributed by atoms with E-state index in [1.165, 1.54) is 12.4 Å². The third-order valence-corrected chi connectivity index (χ3v) is 2.41. The van der Waals surface area contributed by atoms with Gasteiger partial charge in [0.05, 0.1) is 0 Å². The highest BCUT2D eigenvalue weighted by atomic mass is 19.1. The number of piperazine rings is 1. The Morgan fingerprint density at radius 3 is 3.14 bits per heavy atom. The second-order valence-corrected chi connectivity index (χ2v) is 3.45. The van der Waals surface area contributed by atoms with E-state index in [0.717, 1.165) is 19.6 Å².